The Hall–Kier alpha value is -2.00. The van der Waals surface area contributed by atoms with Crippen molar-refractivity contribution in [1.29, 1.82) is 0 Å². The normalized spacial score (nSPS) is 10.9. The molecule has 0 bridgehead atoms. The van der Waals surface area contributed by atoms with E-state index in [2.05, 4.69) is 0 Å². The minimum Gasteiger partial charge on any atom is -0.289 e. The molecule has 0 saturated heterocycles. The summed E-state index contributed by atoms with van der Waals surface area (Å²) in [4.78, 5) is 11.8. The van der Waals surface area contributed by atoms with Crippen LogP contribution < -0.4 is 0 Å². The van der Waals surface area contributed by atoms with Crippen LogP contribution in [0.1, 0.15) is 15.9 Å². The van der Waals surface area contributed by atoms with Crippen LogP contribution in [0.25, 0.3) is 6.08 Å². The van der Waals surface area contributed by atoms with Crippen LogP contribution in [-0.2, 0) is 0 Å². The minimum atomic E-state index is -0.946. The summed E-state index contributed by atoms with van der Waals surface area (Å²) in [6.07, 6.45) is 2.84. The van der Waals surface area contributed by atoms with Crippen molar-refractivity contribution >= 4 is 23.5 Å². The molecule has 0 spiro atoms. The minimum absolute atomic E-state index is 0.0772. The van der Waals surface area contributed by atoms with Gasteiger partial charge in [-0.05, 0) is 23.8 Å². The van der Waals surface area contributed by atoms with E-state index in [1.807, 2.05) is 30.3 Å². The first-order valence-electron chi connectivity index (χ1n) is 5.50. The summed E-state index contributed by atoms with van der Waals surface area (Å²) in [6.45, 7) is 0. The Morgan fingerprint density at radius 2 is 1.63 bits per heavy atom. The second-order valence-corrected chi connectivity index (χ2v) is 4.24. The first-order valence-corrected chi connectivity index (χ1v) is 5.88. The lowest BCUT2D eigenvalue weighted by Crippen LogP contribution is -1.97. The van der Waals surface area contributed by atoms with E-state index in [1.165, 1.54) is 6.08 Å². The molecule has 0 saturated carbocycles. The van der Waals surface area contributed by atoms with Crippen molar-refractivity contribution in [1.82, 2.24) is 0 Å². The van der Waals surface area contributed by atoms with Crippen molar-refractivity contribution in [3.63, 3.8) is 0 Å². The van der Waals surface area contributed by atoms with E-state index in [9.17, 15) is 13.6 Å². The molecule has 4 heteroatoms. The molecule has 2 aromatic rings. The van der Waals surface area contributed by atoms with Crippen molar-refractivity contribution < 1.29 is 13.6 Å². The summed E-state index contributed by atoms with van der Waals surface area (Å²) >= 11 is 5.35. The summed E-state index contributed by atoms with van der Waals surface area (Å²) in [6, 6.07) is 11.0. The maximum Gasteiger partial charge on any atom is 0.186 e. The summed E-state index contributed by atoms with van der Waals surface area (Å²) in [5, 5.41) is -0.608. The lowest BCUT2D eigenvalue weighted by molar-refractivity contribution is 0.104. The fraction of sp³-hybridized carbons (Fsp3) is 0. The van der Waals surface area contributed by atoms with Gasteiger partial charge in [0.15, 0.2) is 5.78 Å². The van der Waals surface area contributed by atoms with Crippen LogP contribution in [0.15, 0.2) is 48.5 Å². The van der Waals surface area contributed by atoms with Gasteiger partial charge in [0, 0.05) is 5.56 Å². The molecule has 0 amide bonds. The van der Waals surface area contributed by atoms with Gasteiger partial charge >= 0.3 is 0 Å². The van der Waals surface area contributed by atoms with Crippen molar-refractivity contribution in [3.8, 4) is 0 Å². The summed E-state index contributed by atoms with van der Waals surface area (Å²) in [5.41, 5.74) is 0.748. The predicted octanol–water partition coefficient (Wildman–Crippen LogP) is 4.51. The zero-order valence-electron chi connectivity index (χ0n) is 9.74. The molecule has 0 aromatic heterocycles. The monoisotopic (exact) mass is 278 g/mol. The topological polar surface area (TPSA) is 17.1 Å². The predicted molar refractivity (Wildman–Crippen MR) is 71.2 cm³/mol. The first-order chi connectivity index (χ1) is 9.08. The van der Waals surface area contributed by atoms with Crippen LogP contribution >= 0.6 is 11.6 Å². The third-order valence-electron chi connectivity index (χ3n) is 2.50. The average Bonchev–Trinajstić information content (AvgIpc) is 2.42. The van der Waals surface area contributed by atoms with Gasteiger partial charge in [-0.2, -0.15) is 0 Å². The number of halogens is 3. The van der Waals surface area contributed by atoms with E-state index in [1.54, 1.807) is 6.08 Å². The van der Waals surface area contributed by atoms with Crippen molar-refractivity contribution in [2.75, 3.05) is 0 Å². The molecule has 2 rings (SSSR count). The summed E-state index contributed by atoms with van der Waals surface area (Å²) in [5.74, 6) is -2.38. The Bertz CT molecular complexity index is 613. The Kier molecular flexibility index (Phi) is 4.07. The van der Waals surface area contributed by atoms with Crippen LogP contribution in [0.5, 0.6) is 0 Å². The molecule has 0 unspecified atom stereocenters. The molecule has 0 radical (unpaired) electrons. The van der Waals surface area contributed by atoms with E-state index in [-0.39, 0.29) is 5.56 Å². The molecule has 0 N–H and O–H groups in total. The van der Waals surface area contributed by atoms with Gasteiger partial charge < -0.3 is 0 Å². The van der Waals surface area contributed by atoms with Crippen molar-refractivity contribution in [2.24, 2.45) is 0 Å². The second kappa shape index (κ2) is 5.76. The van der Waals surface area contributed by atoms with Gasteiger partial charge in [-0.15, -0.1) is 0 Å². The van der Waals surface area contributed by atoms with E-state index in [0.29, 0.717) is 0 Å². The average molecular weight is 279 g/mol. The highest BCUT2D eigenvalue weighted by molar-refractivity contribution is 6.31. The zero-order chi connectivity index (χ0) is 13.8. The smallest absolute Gasteiger partial charge is 0.186 e. The molecular weight excluding hydrogens is 270 g/mol. The molecule has 1 nitrogen and oxygen atoms in total. The Morgan fingerprint density at radius 3 is 2.21 bits per heavy atom. The molecular formula is C15H9ClF2O. The maximum atomic E-state index is 13.2. The van der Waals surface area contributed by atoms with Crippen LogP contribution in [0.4, 0.5) is 8.78 Å². The number of hydrogen-bond donors (Lipinski definition) is 0. The van der Waals surface area contributed by atoms with Gasteiger partial charge in [0.05, 0.1) is 0 Å². The summed E-state index contributed by atoms with van der Waals surface area (Å²) in [7, 11) is 0. The second-order valence-electron chi connectivity index (χ2n) is 3.86. The maximum absolute atomic E-state index is 13.2. The highest BCUT2D eigenvalue weighted by Crippen LogP contribution is 2.21. The third kappa shape index (κ3) is 3.26. The number of benzene rings is 2. The Balaban J connectivity index is 2.24. The SMILES string of the molecule is O=C(C=Cc1ccccc1)c1cc(F)c(Cl)c(F)c1. The molecule has 0 heterocycles. The number of carbonyl (C=O) groups is 1. The van der Waals surface area contributed by atoms with Crippen LogP contribution in [0.3, 0.4) is 0 Å². The van der Waals surface area contributed by atoms with Crippen LogP contribution in [0, 0.1) is 11.6 Å². The number of carbonyl (C=O) groups excluding carboxylic acids is 1. The number of allylic oxidation sites excluding steroid dienone is 1. The molecule has 0 aliphatic rings. The number of ketones is 1. The fourth-order valence-corrected chi connectivity index (χ4v) is 1.64. The quantitative estimate of drug-likeness (QED) is 0.458. The molecule has 0 aliphatic carbocycles. The number of hydrogen-bond acceptors (Lipinski definition) is 1. The van der Waals surface area contributed by atoms with Gasteiger partial charge in [0.2, 0.25) is 0 Å². The van der Waals surface area contributed by atoms with Crippen LogP contribution in [-0.4, -0.2) is 5.78 Å². The molecule has 96 valence electrons. The van der Waals surface area contributed by atoms with Gasteiger partial charge in [-0.1, -0.05) is 48.0 Å². The van der Waals surface area contributed by atoms with Gasteiger partial charge in [0.25, 0.3) is 0 Å². The van der Waals surface area contributed by atoms with E-state index in [4.69, 9.17) is 11.6 Å². The third-order valence-corrected chi connectivity index (χ3v) is 2.86. The number of rotatable bonds is 3. The van der Waals surface area contributed by atoms with Gasteiger partial charge in [0.1, 0.15) is 16.7 Å². The Labute approximate surface area is 114 Å². The van der Waals surface area contributed by atoms with Gasteiger partial charge in [-0.25, -0.2) is 8.78 Å². The molecule has 0 aliphatic heterocycles. The first kappa shape index (κ1) is 13.4. The molecule has 0 atom stereocenters. The fourth-order valence-electron chi connectivity index (χ4n) is 1.53. The highest BCUT2D eigenvalue weighted by atomic mass is 35.5. The Morgan fingerprint density at radius 1 is 1.05 bits per heavy atom. The standard InChI is InChI=1S/C15H9ClF2O/c16-15-12(17)8-11(9-13(15)18)14(19)7-6-10-4-2-1-3-5-10/h1-9H. The van der Waals surface area contributed by atoms with E-state index in [0.717, 1.165) is 17.7 Å². The van der Waals surface area contributed by atoms with E-state index < -0.39 is 22.4 Å². The lowest BCUT2D eigenvalue weighted by atomic mass is 10.1. The molecule has 2 aromatic carbocycles. The zero-order valence-corrected chi connectivity index (χ0v) is 10.5. The lowest BCUT2D eigenvalue weighted by Gasteiger charge is -2.00. The van der Waals surface area contributed by atoms with E-state index >= 15 is 0 Å². The van der Waals surface area contributed by atoms with Crippen molar-refractivity contribution in [2.45, 2.75) is 0 Å². The van der Waals surface area contributed by atoms with Crippen LogP contribution in [0.2, 0.25) is 5.02 Å². The molecule has 0 fully saturated rings. The van der Waals surface area contributed by atoms with Gasteiger partial charge in [-0.3, -0.25) is 4.79 Å². The molecule has 19 heavy (non-hydrogen) atoms. The summed E-state index contributed by atoms with van der Waals surface area (Å²) < 4.78 is 26.4. The van der Waals surface area contributed by atoms with Crippen molar-refractivity contribution in [3.05, 3.63) is 76.3 Å². The largest absolute Gasteiger partial charge is 0.289 e. The highest BCUT2D eigenvalue weighted by Gasteiger charge is 2.11.